The Hall–Kier alpha value is -0.120. The lowest BCUT2D eigenvalue weighted by Gasteiger charge is -2.18. The molecule has 2 fully saturated rings. The molecule has 2 atom stereocenters. The van der Waals surface area contributed by atoms with Crippen LogP contribution in [-0.2, 0) is 0 Å². The highest BCUT2D eigenvalue weighted by atomic mass is 16.3. The van der Waals surface area contributed by atoms with Gasteiger partial charge in [-0.25, -0.2) is 0 Å². The van der Waals surface area contributed by atoms with Crippen molar-refractivity contribution in [3.63, 3.8) is 0 Å². The molecule has 140 valence electrons. The van der Waals surface area contributed by atoms with Gasteiger partial charge in [-0.05, 0) is 38.1 Å². The molecule has 0 bridgehead atoms. The summed E-state index contributed by atoms with van der Waals surface area (Å²) in [5.41, 5.74) is 0. The summed E-state index contributed by atoms with van der Waals surface area (Å²) in [4.78, 5) is 0. The smallest absolute Gasteiger partial charge is 0.0693 e. The first-order valence-electron chi connectivity index (χ1n) is 10.2. The van der Waals surface area contributed by atoms with Gasteiger partial charge >= 0.3 is 0 Å². The molecule has 0 aromatic rings. The van der Waals surface area contributed by atoms with Crippen LogP contribution in [0, 0.1) is 5.92 Å². The zero-order chi connectivity index (χ0) is 17.7. The molecule has 3 N–H and O–H groups in total. The monoisotopic (exact) mass is 328 g/mol. The molecule has 0 amide bonds. The third-order valence-electron chi connectivity index (χ3n) is 4.61. The number of aliphatic hydroxyl groups excluding tert-OH is 1. The van der Waals surface area contributed by atoms with E-state index in [0.717, 1.165) is 18.8 Å². The highest BCUT2D eigenvalue weighted by Crippen LogP contribution is 2.26. The zero-order valence-electron chi connectivity index (χ0n) is 16.7. The molecule has 3 heteroatoms. The van der Waals surface area contributed by atoms with Gasteiger partial charge < -0.3 is 15.7 Å². The summed E-state index contributed by atoms with van der Waals surface area (Å²) >= 11 is 0. The van der Waals surface area contributed by atoms with Crippen LogP contribution in [-0.4, -0.2) is 35.9 Å². The van der Waals surface area contributed by atoms with E-state index in [9.17, 15) is 5.11 Å². The summed E-state index contributed by atoms with van der Waals surface area (Å²) in [6.45, 7) is 13.9. The third-order valence-corrected chi connectivity index (χ3v) is 4.61. The van der Waals surface area contributed by atoms with Gasteiger partial charge in [0.15, 0.2) is 0 Å². The lowest BCUT2D eigenvalue weighted by molar-refractivity contribution is 0.145. The van der Waals surface area contributed by atoms with Crippen molar-refractivity contribution in [3.8, 4) is 0 Å². The first kappa shape index (κ1) is 22.9. The van der Waals surface area contributed by atoms with Crippen LogP contribution >= 0.6 is 0 Å². The van der Waals surface area contributed by atoms with Crippen molar-refractivity contribution in [2.45, 2.75) is 117 Å². The first-order chi connectivity index (χ1) is 11.0. The quantitative estimate of drug-likeness (QED) is 0.673. The number of rotatable bonds is 6. The van der Waals surface area contributed by atoms with Crippen molar-refractivity contribution < 1.29 is 5.11 Å². The largest absolute Gasteiger partial charge is 0.392 e. The molecule has 0 heterocycles. The van der Waals surface area contributed by atoms with E-state index in [0.29, 0.717) is 18.1 Å². The van der Waals surface area contributed by atoms with Crippen LogP contribution in [0.3, 0.4) is 0 Å². The van der Waals surface area contributed by atoms with Crippen molar-refractivity contribution >= 4 is 0 Å². The van der Waals surface area contributed by atoms with E-state index in [-0.39, 0.29) is 6.10 Å². The second-order valence-electron chi connectivity index (χ2n) is 7.47. The minimum atomic E-state index is -0.0950. The van der Waals surface area contributed by atoms with Gasteiger partial charge in [0.2, 0.25) is 0 Å². The van der Waals surface area contributed by atoms with Gasteiger partial charge in [-0.1, -0.05) is 67.2 Å². The van der Waals surface area contributed by atoms with Crippen molar-refractivity contribution in [2.24, 2.45) is 5.92 Å². The van der Waals surface area contributed by atoms with Gasteiger partial charge in [0.05, 0.1) is 6.10 Å². The summed E-state index contributed by atoms with van der Waals surface area (Å²) < 4.78 is 0. The molecule has 2 saturated carbocycles. The second kappa shape index (κ2) is 14.2. The van der Waals surface area contributed by atoms with E-state index in [1.165, 1.54) is 45.1 Å². The Morgan fingerprint density at radius 1 is 0.870 bits per heavy atom. The Labute approximate surface area is 146 Å². The number of hydrogen-bond acceptors (Lipinski definition) is 3. The van der Waals surface area contributed by atoms with E-state index in [1.54, 1.807) is 0 Å². The lowest BCUT2D eigenvalue weighted by atomic mass is 10.0. The number of nitrogens with one attached hydrogen (secondary N) is 2. The van der Waals surface area contributed by atoms with Crippen molar-refractivity contribution in [2.75, 3.05) is 6.54 Å². The molecule has 3 nitrogen and oxygen atoms in total. The van der Waals surface area contributed by atoms with Gasteiger partial charge in [-0.15, -0.1) is 0 Å². The van der Waals surface area contributed by atoms with Crippen LogP contribution in [0.25, 0.3) is 0 Å². The fourth-order valence-corrected chi connectivity index (χ4v) is 3.44. The second-order valence-corrected chi connectivity index (χ2v) is 7.47. The molecule has 2 rings (SSSR count). The maximum absolute atomic E-state index is 9.38. The molecule has 0 aromatic heterocycles. The normalized spacial score (nSPS) is 24.4. The van der Waals surface area contributed by atoms with Gasteiger partial charge in [-0.3, -0.25) is 0 Å². The van der Waals surface area contributed by atoms with E-state index in [1.807, 2.05) is 13.8 Å². The maximum atomic E-state index is 9.38. The van der Waals surface area contributed by atoms with E-state index >= 15 is 0 Å². The Morgan fingerprint density at radius 2 is 1.48 bits per heavy atom. The van der Waals surface area contributed by atoms with Crippen LogP contribution < -0.4 is 10.6 Å². The Bertz CT molecular complexity index is 250. The maximum Gasteiger partial charge on any atom is 0.0693 e. The van der Waals surface area contributed by atoms with E-state index < -0.39 is 0 Å². The molecule has 2 unspecified atom stereocenters. The van der Waals surface area contributed by atoms with Crippen LogP contribution in [0.2, 0.25) is 0 Å². The minimum Gasteiger partial charge on any atom is -0.392 e. The third kappa shape index (κ3) is 12.0. The summed E-state index contributed by atoms with van der Waals surface area (Å²) in [6, 6.07) is 1.52. The molecule has 2 aliphatic rings. The Balaban J connectivity index is 0.000000381. The number of aliphatic hydroxyl groups is 1. The van der Waals surface area contributed by atoms with Crippen molar-refractivity contribution in [3.05, 3.63) is 0 Å². The summed E-state index contributed by atoms with van der Waals surface area (Å²) in [5.74, 6) is 1.04. The van der Waals surface area contributed by atoms with Crippen LogP contribution in [0.1, 0.15) is 92.9 Å². The highest BCUT2D eigenvalue weighted by Gasteiger charge is 2.24. The van der Waals surface area contributed by atoms with E-state index in [4.69, 9.17) is 0 Å². The van der Waals surface area contributed by atoms with Gasteiger partial charge in [0, 0.05) is 18.1 Å². The van der Waals surface area contributed by atoms with Crippen LogP contribution in [0.15, 0.2) is 0 Å². The molecule has 23 heavy (non-hydrogen) atoms. The fraction of sp³-hybridized carbons (Fsp3) is 1.00. The Kier molecular flexibility index (Phi) is 14.2. The molecule has 0 saturated heterocycles. The topological polar surface area (TPSA) is 44.3 Å². The molecule has 0 aliphatic heterocycles. The van der Waals surface area contributed by atoms with Gasteiger partial charge in [-0.2, -0.15) is 0 Å². The average molecular weight is 329 g/mol. The SMILES string of the molecule is CC.CC(C)NC1CCCC1O.CC(C)NCCC1CCCC1. The van der Waals surface area contributed by atoms with Crippen LogP contribution in [0.4, 0.5) is 0 Å². The van der Waals surface area contributed by atoms with Crippen molar-refractivity contribution in [1.29, 1.82) is 0 Å². The standard InChI is InChI=1S/C10H21N.C8H17NO.C2H6/c1-9(2)11-8-7-10-5-3-4-6-10;1-6(2)9-7-4-3-5-8(7)10;1-2/h9-11H,3-8H2,1-2H3;6-10H,3-5H2,1-2H3;1-2H3. The molecular formula is C20H44N2O. The lowest BCUT2D eigenvalue weighted by Crippen LogP contribution is -2.39. The minimum absolute atomic E-state index is 0.0950. The molecular weight excluding hydrogens is 284 g/mol. The summed E-state index contributed by atoms with van der Waals surface area (Å²) in [5, 5.41) is 16.2. The predicted octanol–water partition coefficient (Wildman–Crippen LogP) is 4.49. The van der Waals surface area contributed by atoms with Gasteiger partial charge in [0.1, 0.15) is 0 Å². The average Bonchev–Trinajstić information content (AvgIpc) is 3.14. The highest BCUT2D eigenvalue weighted by molar-refractivity contribution is 4.83. The van der Waals surface area contributed by atoms with Crippen LogP contribution in [0.5, 0.6) is 0 Å². The Morgan fingerprint density at radius 3 is 1.91 bits per heavy atom. The first-order valence-corrected chi connectivity index (χ1v) is 10.2. The van der Waals surface area contributed by atoms with E-state index in [2.05, 4.69) is 38.3 Å². The molecule has 0 aromatic carbocycles. The number of hydrogen-bond donors (Lipinski definition) is 3. The molecule has 2 aliphatic carbocycles. The predicted molar refractivity (Wildman–Crippen MR) is 103 cm³/mol. The van der Waals surface area contributed by atoms with Crippen molar-refractivity contribution in [1.82, 2.24) is 10.6 Å². The summed E-state index contributed by atoms with van der Waals surface area (Å²) in [7, 11) is 0. The fourth-order valence-electron chi connectivity index (χ4n) is 3.44. The molecule has 0 radical (unpaired) electrons. The zero-order valence-corrected chi connectivity index (χ0v) is 16.7. The van der Waals surface area contributed by atoms with Gasteiger partial charge in [0.25, 0.3) is 0 Å². The summed E-state index contributed by atoms with van der Waals surface area (Å²) in [6.07, 6.45) is 10.5. The molecule has 0 spiro atoms.